The minimum Gasteiger partial charge on any atom is -0.393 e. The molecule has 2 aliphatic carbocycles. The van der Waals surface area contributed by atoms with E-state index < -0.39 is 65.4 Å². The lowest BCUT2D eigenvalue weighted by Gasteiger charge is -2.48. The molecule has 2 spiro atoms. The van der Waals surface area contributed by atoms with Crippen LogP contribution < -0.4 is 16.0 Å². The van der Waals surface area contributed by atoms with Crippen LogP contribution in [0.3, 0.4) is 0 Å². The Hall–Kier alpha value is -2.33. The van der Waals surface area contributed by atoms with Crippen molar-refractivity contribution in [3.8, 4) is 0 Å². The molecule has 6 rings (SSSR count). The van der Waals surface area contributed by atoms with Gasteiger partial charge in [0.25, 0.3) is 0 Å². The molecule has 0 radical (unpaired) electrons. The Morgan fingerprint density at radius 1 is 1.02 bits per heavy atom. The summed E-state index contributed by atoms with van der Waals surface area (Å²) in [5.74, 6) is -5.74. The fourth-order valence-electron chi connectivity index (χ4n) is 7.62. The third-order valence-corrected chi connectivity index (χ3v) is 10.0. The average Bonchev–Trinajstić information content (AvgIpc) is 3.37. The van der Waals surface area contributed by atoms with Crippen LogP contribution in [0.1, 0.15) is 68.4 Å². The van der Waals surface area contributed by atoms with E-state index in [1.807, 2.05) is 0 Å². The minimum atomic E-state index is -2.92. The number of benzene rings is 2. The van der Waals surface area contributed by atoms with Gasteiger partial charge in [-0.25, -0.2) is 13.2 Å². The molecule has 0 aromatic heterocycles. The summed E-state index contributed by atoms with van der Waals surface area (Å²) in [5, 5.41) is 19.4. The Labute approximate surface area is 240 Å². The molecule has 4 N–H and O–H groups in total. The molecule has 4 aliphatic rings. The summed E-state index contributed by atoms with van der Waals surface area (Å²) >= 11 is 12.5. The van der Waals surface area contributed by atoms with Gasteiger partial charge in [0.05, 0.1) is 17.2 Å². The summed E-state index contributed by atoms with van der Waals surface area (Å²) in [4.78, 5) is 28.3. The smallest absolute Gasteiger partial charge is 0.248 e. The zero-order valence-electron chi connectivity index (χ0n) is 21.6. The van der Waals surface area contributed by atoms with Crippen LogP contribution in [0.25, 0.3) is 0 Å². The molecule has 40 heavy (non-hydrogen) atoms. The molecule has 2 saturated carbocycles. The van der Waals surface area contributed by atoms with Gasteiger partial charge in [-0.05, 0) is 67.9 Å². The summed E-state index contributed by atoms with van der Waals surface area (Å²) in [6.45, 7) is 0. The van der Waals surface area contributed by atoms with E-state index >= 15 is 4.39 Å². The maximum absolute atomic E-state index is 15.9. The predicted octanol–water partition coefficient (Wildman–Crippen LogP) is 5.45. The molecule has 0 bridgehead atoms. The second-order valence-electron chi connectivity index (χ2n) is 11.6. The van der Waals surface area contributed by atoms with E-state index in [0.29, 0.717) is 42.0 Å². The van der Waals surface area contributed by atoms with Crippen LogP contribution in [0, 0.1) is 5.82 Å². The molecule has 2 aliphatic heterocycles. The maximum atomic E-state index is 15.9. The van der Waals surface area contributed by atoms with E-state index in [-0.39, 0.29) is 29.5 Å². The highest BCUT2D eigenvalue weighted by Gasteiger charge is 2.73. The minimum absolute atomic E-state index is 0.0615. The van der Waals surface area contributed by atoms with Crippen LogP contribution >= 0.6 is 23.2 Å². The molecule has 1 saturated heterocycles. The van der Waals surface area contributed by atoms with Crippen molar-refractivity contribution in [2.45, 2.75) is 92.3 Å². The van der Waals surface area contributed by atoms with Gasteiger partial charge in [-0.2, -0.15) is 0 Å². The van der Waals surface area contributed by atoms with E-state index in [0.717, 1.165) is 0 Å². The number of anilines is 1. The third kappa shape index (κ3) is 4.23. The number of alkyl halides is 2. The van der Waals surface area contributed by atoms with Crippen LogP contribution in [-0.4, -0.2) is 46.6 Å². The van der Waals surface area contributed by atoms with Crippen LogP contribution in [0.4, 0.5) is 18.9 Å². The molecule has 2 heterocycles. The highest BCUT2D eigenvalue weighted by atomic mass is 35.5. The van der Waals surface area contributed by atoms with Gasteiger partial charge in [0.1, 0.15) is 11.2 Å². The number of fused-ring (bicyclic) bond motifs is 3. The Morgan fingerprint density at radius 3 is 2.42 bits per heavy atom. The highest BCUT2D eigenvalue weighted by molar-refractivity contribution is 6.31. The summed E-state index contributed by atoms with van der Waals surface area (Å²) in [6.07, 6.45) is 0.604. The lowest BCUT2D eigenvalue weighted by atomic mass is 9.55. The number of aliphatic hydroxyl groups excluding tert-OH is 1. The molecule has 3 atom stereocenters. The number of nitrogens with one attached hydrogen (secondary N) is 3. The van der Waals surface area contributed by atoms with Gasteiger partial charge in [-0.15, -0.1) is 0 Å². The van der Waals surface area contributed by atoms with Gasteiger partial charge in [0, 0.05) is 41.1 Å². The van der Waals surface area contributed by atoms with Crippen LogP contribution in [0.15, 0.2) is 36.4 Å². The monoisotopic (exact) mass is 595 g/mol. The van der Waals surface area contributed by atoms with Gasteiger partial charge in [-0.3, -0.25) is 14.9 Å². The second kappa shape index (κ2) is 9.89. The normalized spacial score (nSPS) is 32.2. The van der Waals surface area contributed by atoms with Crippen molar-refractivity contribution in [1.82, 2.24) is 10.6 Å². The molecule has 2 aromatic rings. The Morgan fingerprint density at radius 2 is 1.73 bits per heavy atom. The van der Waals surface area contributed by atoms with Crippen molar-refractivity contribution < 1.29 is 27.9 Å². The standard InChI is InChI=1S/C29H30Cl2F3N3O3/c30-15-4-9-19-21(14-15)36-26(40)29(19)22(18-2-1-3-20(31)23(18)32)24(25(39)35-16-5-7-17(38)8-6-16)37-27(29)10-12-28(33,34)13-11-27/h1-4,9,14,16-17,22,24,37-38H,5-8,10-13H2,(H,35,39)(H,36,40)/t16?,17?,22-,24?,29+/m0/s1. The van der Waals surface area contributed by atoms with Crippen molar-refractivity contribution in [3.05, 3.63) is 63.4 Å². The lowest BCUT2D eigenvalue weighted by molar-refractivity contribution is -0.126. The highest BCUT2D eigenvalue weighted by Crippen LogP contribution is 2.63. The van der Waals surface area contributed by atoms with Crippen molar-refractivity contribution >= 4 is 40.7 Å². The third-order valence-electron chi connectivity index (χ3n) is 9.48. The largest absolute Gasteiger partial charge is 0.393 e. The van der Waals surface area contributed by atoms with Gasteiger partial charge in [0.2, 0.25) is 17.7 Å². The van der Waals surface area contributed by atoms with E-state index in [1.165, 1.54) is 12.1 Å². The summed E-state index contributed by atoms with van der Waals surface area (Å²) in [6, 6.07) is 7.97. The van der Waals surface area contributed by atoms with Crippen LogP contribution in [-0.2, 0) is 15.0 Å². The molecule has 1 unspecified atom stereocenters. The molecule has 11 heteroatoms. The number of aliphatic hydroxyl groups is 1. The fraction of sp³-hybridized carbons (Fsp3) is 0.517. The quantitative estimate of drug-likeness (QED) is 0.380. The van der Waals surface area contributed by atoms with Crippen molar-refractivity contribution in [3.63, 3.8) is 0 Å². The first-order valence-corrected chi connectivity index (χ1v) is 14.4. The summed E-state index contributed by atoms with van der Waals surface area (Å²) < 4.78 is 45.0. The number of hydrogen-bond acceptors (Lipinski definition) is 4. The molecule has 3 fully saturated rings. The molecule has 6 nitrogen and oxygen atoms in total. The number of carbonyl (C=O) groups is 2. The van der Waals surface area contributed by atoms with Crippen LogP contribution in [0.5, 0.6) is 0 Å². The summed E-state index contributed by atoms with van der Waals surface area (Å²) in [5.41, 5.74) is -1.92. The fourth-order valence-corrected chi connectivity index (χ4v) is 7.97. The number of hydrogen-bond donors (Lipinski definition) is 4. The number of carbonyl (C=O) groups excluding carboxylic acids is 2. The Balaban J connectivity index is 1.54. The predicted molar refractivity (Wildman–Crippen MR) is 145 cm³/mol. The first-order valence-electron chi connectivity index (χ1n) is 13.7. The van der Waals surface area contributed by atoms with Crippen molar-refractivity contribution in [2.75, 3.05) is 5.32 Å². The second-order valence-corrected chi connectivity index (χ2v) is 12.5. The molecule has 2 aromatic carbocycles. The topological polar surface area (TPSA) is 90.5 Å². The number of amides is 2. The maximum Gasteiger partial charge on any atom is 0.248 e. The Kier molecular flexibility index (Phi) is 6.88. The van der Waals surface area contributed by atoms with E-state index in [9.17, 15) is 23.5 Å². The first kappa shape index (κ1) is 27.8. The van der Waals surface area contributed by atoms with E-state index in [2.05, 4.69) is 16.0 Å². The zero-order chi connectivity index (χ0) is 28.4. The molecule has 214 valence electrons. The van der Waals surface area contributed by atoms with Gasteiger partial charge < -0.3 is 15.7 Å². The van der Waals surface area contributed by atoms with Gasteiger partial charge in [0.15, 0.2) is 0 Å². The van der Waals surface area contributed by atoms with E-state index in [4.69, 9.17) is 23.2 Å². The molecular weight excluding hydrogens is 566 g/mol. The molecular formula is C29H30Cl2F3N3O3. The first-order chi connectivity index (χ1) is 19.0. The van der Waals surface area contributed by atoms with Crippen LogP contribution in [0.2, 0.25) is 10.0 Å². The number of halogens is 5. The van der Waals surface area contributed by atoms with E-state index in [1.54, 1.807) is 24.3 Å². The summed E-state index contributed by atoms with van der Waals surface area (Å²) in [7, 11) is 0. The zero-order valence-corrected chi connectivity index (χ0v) is 23.1. The number of rotatable bonds is 3. The van der Waals surface area contributed by atoms with Gasteiger partial charge in [-0.1, -0.05) is 41.4 Å². The van der Waals surface area contributed by atoms with Crippen molar-refractivity contribution in [1.29, 1.82) is 0 Å². The molecule has 2 amide bonds. The Bertz CT molecular complexity index is 1360. The van der Waals surface area contributed by atoms with Crippen molar-refractivity contribution in [2.24, 2.45) is 0 Å². The van der Waals surface area contributed by atoms with Gasteiger partial charge >= 0.3 is 0 Å². The SMILES string of the molecule is O=C(NC1CCC(O)CC1)C1NC2(CCC(F)(F)CC2)[C@@]2(C(=O)Nc3cc(Cl)ccc32)[C@H]1c1cccc(Cl)c1F. The lowest BCUT2D eigenvalue weighted by Crippen LogP contribution is -2.62. The average molecular weight is 596 g/mol.